The van der Waals surface area contributed by atoms with Crippen molar-refractivity contribution in [3.8, 4) is 17.2 Å². The van der Waals surface area contributed by atoms with Crippen LogP contribution in [0.5, 0.6) is 17.2 Å². The molecule has 1 atom stereocenters. The number of hydrogen-bond acceptors (Lipinski definition) is 8. The van der Waals surface area contributed by atoms with Gasteiger partial charge in [0, 0.05) is 11.1 Å². The van der Waals surface area contributed by atoms with Gasteiger partial charge in [-0.25, -0.2) is 9.79 Å². The molecule has 3 aromatic carbocycles. The summed E-state index contributed by atoms with van der Waals surface area (Å²) >= 11 is 1.25. The molecule has 0 fully saturated rings. The molecule has 1 aliphatic rings. The molecule has 0 unspecified atom stereocenters. The molecule has 42 heavy (non-hydrogen) atoms. The molecule has 1 aliphatic heterocycles. The number of ether oxygens (including phenoxy) is 4. The van der Waals surface area contributed by atoms with Crippen molar-refractivity contribution >= 4 is 29.1 Å². The van der Waals surface area contributed by atoms with Crippen molar-refractivity contribution in [2.24, 2.45) is 4.99 Å². The summed E-state index contributed by atoms with van der Waals surface area (Å²) in [5.74, 6) is 1.29. The van der Waals surface area contributed by atoms with Gasteiger partial charge in [0.25, 0.3) is 5.56 Å². The molecule has 8 nitrogen and oxygen atoms in total. The normalized spacial score (nSPS) is 14.7. The van der Waals surface area contributed by atoms with Crippen LogP contribution in [0.25, 0.3) is 11.8 Å². The number of fused-ring (bicyclic) bond motifs is 1. The van der Waals surface area contributed by atoms with Crippen LogP contribution in [0.2, 0.25) is 0 Å². The van der Waals surface area contributed by atoms with Gasteiger partial charge in [-0.3, -0.25) is 9.36 Å². The summed E-state index contributed by atoms with van der Waals surface area (Å²) in [7, 11) is 1.58. The first-order valence-electron chi connectivity index (χ1n) is 13.8. The lowest BCUT2D eigenvalue weighted by Gasteiger charge is -2.26. The monoisotopic (exact) mass is 584 g/mol. The molecule has 0 aliphatic carbocycles. The van der Waals surface area contributed by atoms with Crippen molar-refractivity contribution in [1.82, 2.24) is 4.57 Å². The quantitative estimate of drug-likeness (QED) is 0.250. The molecule has 4 aromatic rings. The van der Waals surface area contributed by atoms with E-state index in [1.54, 1.807) is 24.7 Å². The predicted octanol–water partition coefficient (Wildman–Crippen LogP) is 4.74. The SMILES string of the molecule is CCOC(=O)C1=C(c2ccccc2)N=c2s/c(=C\c3cccc(OC)c3OCC)c(=O)n2[C@H]1c1ccc(OCC)cc1. The minimum Gasteiger partial charge on any atom is -0.494 e. The Hall–Kier alpha value is -4.63. The van der Waals surface area contributed by atoms with Gasteiger partial charge in [-0.15, -0.1) is 0 Å². The molecule has 5 rings (SSSR count). The van der Waals surface area contributed by atoms with Gasteiger partial charge in [-0.2, -0.15) is 0 Å². The number of carbonyl (C=O) groups is 1. The molecule has 0 bridgehead atoms. The Kier molecular flexibility index (Phi) is 8.88. The van der Waals surface area contributed by atoms with E-state index in [1.807, 2.05) is 86.6 Å². The molecule has 0 amide bonds. The van der Waals surface area contributed by atoms with Crippen molar-refractivity contribution < 1.29 is 23.7 Å². The number of methoxy groups -OCH3 is 1. The summed E-state index contributed by atoms with van der Waals surface area (Å²) in [5.41, 5.74) is 2.66. The summed E-state index contributed by atoms with van der Waals surface area (Å²) in [6.45, 7) is 6.70. The summed E-state index contributed by atoms with van der Waals surface area (Å²) in [6.07, 6.45) is 1.78. The van der Waals surface area contributed by atoms with Crippen molar-refractivity contribution in [2.45, 2.75) is 26.8 Å². The van der Waals surface area contributed by atoms with Gasteiger partial charge in [-0.1, -0.05) is 65.9 Å². The van der Waals surface area contributed by atoms with Crippen LogP contribution in [-0.2, 0) is 9.53 Å². The Bertz CT molecular complexity index is 1790. The highest BCUT2D eigenvalue weighted by molar-refractivity contribution is 7.07. The van der Waals surface area contributed by atoms with Crippen molar-refractivity contribution in [1.29, 1.82) is 0 Å². The number of nitrogens with zero attached hydrogens (tertiary/aromatic N) is 2. The number of rotatable bonds is 10. The summed E-state index contributed by atoms with van der Waals surface area (Å²) < 4.78 is 24.6. The van der Waals surface area contributed by atoms with Crippen LogP contribution in [0.1, 0.15) is 43.5 Å². The molecule has 0 spiro atoms. The Morgan fingerprint density at radius 2 is 1.67 bits per heavy atom. The first kappa shape index (κ1) is 28.9. The summed E-state index contributed by atoms with van der Waals surface area (Å²) in [6, 6.07) is 21.6. The van der Waals surface area contributed by atoms with Crippen LogP contribution in [0.15, 0.2) is 88.2 Å². The van der Waals surface area contributed by atoms with Crippen LogP contribution >= 0.6 is 11.3 Å². The average Bonchev–Trinajstić information content (AvgIpc) is 3.32. The highest BCUT2D eigenvalue weighted by atomic mass is 32.1. The second-order valence-corrected chi connectivity index (χ2v) is 10.3. The minimum atomic E-state index is -0.773. The highest BCUT2D eigenvalue weighted by Crippen LogP contribution is 2.36. The third-order valence-corrected chi connectivity index (χ3v) is 7.67. The minimum absolute atomic E-state index is 0.181. The highest BCUT2D eigenvalue weighted by Gasteiger charge is 2.35. The lowest BCUT2D eigenvalue weighted by atomic mass is 9.93. The van der Waals surface area contributed by atoms with Gasteiger partial charge in [-0.05, 0) is 50.6 Å². The lowest BCUT2D eigenvalue weighted by Crippen LogP contribution is -2.40. The van der Waals surface area contributed by atoms with E-state index in [2.05, 4.69) is 0 Å². The van der Waals surface area contributed by atoms with Gasteiger partial charge < -0.3 is 18.9 Å². The second kappa shape index (κ2) is 12.9. The Morgan fingerprint density at radius 3 is 2.33 bits per heavy atom. The average molecular weight is 585 g/mol. The second-order valence-electron chi connectivity index (χ2n) is 9.25. The number of carbonyl (C=O) groups excluding carboxylic acids is 1. The number of hydrogen-bond donors (Lipinski definition) is 0. The van der Waals surface area contributed by atoms with Crippen LogP contribution in [0.4, 0.5) is 0 Å². The third-order valence-electron chi connectivity index (χ3n) is 6.69. The fourth-order valence-corrected chi connectivity index (χ4v) is 5.91. The van der Waals surface area contributed by atoms with Crippen molar-refractivity contribution in [3.05, 3.63) is 115 Å². The van der Waals surface area contributed by atoms with E-state index >= 15 is 0 Å². The molecular formula is C33H32N2O6S. The zero-order chi connectivity index (χ0) is 29.6. The standard InChI is InChI=1S/C33H32N2O6S/c1-5-39-24-18-16-22(17-19-24)29-27(32(37)41-7-3)28(21-12-9-8-10-13-21)34-33-35(29)31(36)26(42-33)20-23-14-11-15-25(38-4)30(23)40-6-2/h8-20,29H,5-7H2,1-4H3/b26-20-/t29-/m0/s1. The van der Waals surface area contributed by atoms with Crippen LogP contribution in [-0.4, -0.2) is 37.5 Å². The van der Waals surface area contributed by atoms with Gasteiger partial charge in [0.2, 0.25) is 0 Å². The van der Waals surface area contributed by atoms with E-state index in [1.165, 1.54) is 11.3 Å². The summed E-state index contributed by atoms with van der Waals surface area (Å²) in [5, 5.41) is 0. The molecule has 1 aromatic heterocycles. The number of para-hydroxylation sites is 1. The number of benzene rings is 3. The van der Waals surface area contributed by atoms with E-state index in [0.717, 1.165) is 11.1 Å². The molecular weight excluding hydrogens is 552 g/mol. The Labute approximate surface area is 247 Å². The smallest absolute Gasteiger partial charge is 0.338 e. The maximum atomic E-state index is 14.2. The maximum Gasteiger partial charge on any atom is 0.338 e. The van der Waals surface area contributed by atoms with Gasteiger partial charge in [0.1, 0.15) is 5.75 Å². The van der Waals surface area contributed by atoms with Gasteiger partial charge in [0.05, 0.1) is 48.8 Å². The Morgan fingerprint density at radius 1 is 0.929 bits per heavy atom. The molecule has 216 valence electrons. The number of thiazole rings is 1. The van der Waals surface area contributed by atoms with E-state index in [-0.39, 0.29) is 12.2 Å². The maximum absolute atomic E-state index is 14.2. The molecule has 0 saturated heterocycles. The lowest BCUT2D eigenvalue weighted by molar-refractivity contribution is -0.138. The zero-order valence-electron chi connectivity index (χ0n) is 24.0. The van der Waals surface area contributed by atoms with Crippen molar-refractivity contribution in [3.63, 3.8) is 0 Å². The fraction of sp³-hybridized carbons (Fsp3) is 0.242. The first-order chi connectivity index (χ1) is 20.5. The van der Waals surface area contributed by atoms with Crippen LogP contribution < -0.4 is 29.1 Å². The largest absolute Gasteiger partial charge is 0.494 e. The van der Waals surface area contributed by atoms with E-state index in [4.69, 9.17) is 23.9 Å². The molecule has 0 radical (unpaired) electrons. The Balaban J connectivity index is 1.80. The zero-order valence-corrected chi connectivity index (χ0v) is 24.8. The number of aromatic nitrogens is 1. The van der Waals surface area contributed by atoms with E-state index < -0.39 is 12.0 Å². The summed E-state index contributed by atoms with van der Waals surface area (Å²) in [4.78, 5) is 33.2. The topological polar surface area (TPSA) is 88.4 Å². The van der Waals surface area contributed by atoms with Crippen molar-refractivity contribution in [2.75, 3.05) is 26.9 Å². The first-order valence-corrected chi connectivity index (χ1v) is 14.6. The predicted molar refractivity (Wildman–Crippen MR) is 163 cm³/mol. The van der Waals surface area contributed by atoms with Gasteiger partial charge in [0.15, 0.2) is 16.3 Å². The van der Waals surface area contributed by atoms with Crippen LogP contribution in [0, 0.1) is 0 Å². The molecule has 0 saturated carbocycles. The van der Waals surface area contributed by atoms with E-state index in [0.29, 0.717) is 56.6 Å². The molecule has 2 heterocycles. The molecule has 9 heteroatoms. The fourth-order valence-electron chi connectivity index (χ4n) is 4.92. The van der Waals surface area contributed by atoms with Gasteiger partial charge >= 0.3 is 5.97 Å². The number of esters is 1. The molecule has 0 N–H and O–H groups in total. The third kappa shape index (κ3) is 5.60. The van der Waals surface area contributed by atoms with Crippen LogP contribution in [0.3, 0.4) is 0 Å². The van der Waals surface area contributed by atoms with E-state index in [9.17, 15) is 9.59 Å².